The van der Waals surface area contributed by atoms with Crippen LogP contribution in [0.2, 0.25) is 0 Å². The zero-order valence-electron chi connectivity index (χ0n) is 16.3. The number of rotatable bonds is 5. The molecule has 0 aliphatic carbocycles. The van der Waals surface area contributed by atoms with Gasteiger partial charge in [-0.25, -0.2) is 27.7 Å². The van der Waals surface area contributed by atoms with Gasteiger partial charge >= 0.3 is 6.18 Å². The highest BCUT2D eigenvalue weighted by molar-refractivity contribution is 7.89. The first kappa shape index (κ1) is 23.4. The second-order valence-electron chi connectivity index (χ2n) is 6.73. The van der Waals surface area contributed by atoms with E-state index in [0.29, 0.717) is 0 Å². The largest absolute Gasteiger partial charge is 0.435 e. The number of hydroxylamine groups is 2. The van der Waals surface area contributed by atoms with E-state index in [2.05, 4.69) is 5.10 Å². The van der Waals surface area contributed by atoms with Crippen LogP contribution in [0.5, 0.6) is 0 Å². The van der Waals surface area contributed by atoms with Crippen LogP contribution in [-0.4, -0.2) is 41.4 Å². The molecule has 0 spiro atoms. The summed E-state index contributed by atoms with van der Waals surface area (Å²) < 4.78 is 78.6. The molecule has 0 fully saturated rings. The third-order valence-electron chi connectivity index (χ3n) is 4.47. The van der Waals surface area contributed by atoms with Gasteiger partial charge in [0, 0.05) is 18.2 Å². The number of amides is 1. The molecule has 1 heterocycles. The van der Waals surface area contributed by atoms with Crippen molar-refractivity contribution >= 4 is 15.9 Å². The number of primary sulfonamides is 1. The number of hydrogen-bond donors (Lipinski definition) is 2. The van der Waals surface area contributed by atoms with E-state index in [0.717, 1.165) is 36.0 Å². The molecule has 1 aromatic heterocycles. The van der Waals surface area contributed by atoms with Gasteiger partial charge in [-0.2, -0.15) is 18.3 Å². The van der Waals surface area contributed by atoms with Gasteiger partial charge in [0.25, 0.3) is 0 Å². The Labute approximate surface area is 179 Å². The quantitative estimate of drug-likeness (QED) is 0.336. The van der Waals surface area contributed by atoms with Crippen LogP contribution in [0.3, 0.4) is 0 Å². The standard InChI is InChI=1S/C19H16F4N4O4S/c1-26(29)16(28)10-15-17(11-2-4-12(20)5-3-11)27(25-18(15)19(21,22)23)13-6-8-14(9-7-13)32(24,30)31/h2-9,29H,10H2,1H3,(H2,24,30,31). The molecular formula is C19H16F4N4O4S. The number of nitrogens with two attached hydrogens (primary N) is 1. The van der Waals surface area contributed by atoms with Crippen LogP contribution in [0.1, 0.15) is 11.3 Å². The van der Waals surface area contributed by atoms with E-state index in [4.69, 9.17) is 5.14 Å². The maximum Gasteiger partial charge on any atom is 0.435 e. The number of nitrogens with zero attached hydrogens (tertiary/aromatic N) is 3. The van der Waals surface area contributed by atoms with Gasteiger partial charge < -0.3 is 0 Å². The topological polar surface area (TPSA) is 119 Å². The Hall–Kier alpha value is -3.29. The summed E-state index contributed by atoms with van der Waals surface area (Å²) in [7, 11) is -3.09. The molecule has 0 aliphatic heterocycles. The molecule has 32 heavy (non-hydrogen) atoms. The molecule has 2 aromatic carbocycles. The Kier molecular flexibility index (Phi) is 6.09. The summed E-state index contributed by atoms with van der Waals surface area (Å²) in [6.45, 7) is 0. The van der Waals surface area contributed by atoms with Crippen molar-refractivity contribution in [2.75, 3.05) is 7.05 Å². The Morgan fingerprint density at radius 2 is 1.69 bits per heavy atom. The molecule has 1 amide bonds. The Balaban J connectivity index is 2.31. The maximum atomic E-state index is 13.8. The molecule has 3 N–H and O–H groups in total. The highest BCUT2D eigenvalue weighted by Gasteiger charge is 2.40. The molecule has 3 aromatic rings. The number of carbonyl (C=O) groups excluding carboxylic acids is 1. The maximum absolute atomic E-state index is 13.8. The lowest BCUT2D eigenvalue weighted by Crippen LogP contribution is -2.25. The molecule has 0 radical (unpaired) electrons. The van der Waals surface area contributed by atoms with Crippen molar-refractivity contribution < 1.29 is 36.0 Å². The van der Waals surface area contributed by atoms with Gasteiger partial charge in [-0.1, -0.05) is 0 Å². The second kappa shape index (κ2) is 8.33. The lowest BCUT2D eigenvalue weighted by atomic mass is 10.0. The first-order chi connectivity index (χ1) is 14.8. The van der Waals surface area contributed by atoms with Crippen molar-refractivity contribution in [2.45, 2.75) is 17.5 Å². The van der Waals surface area contributed by atoms with Crippen LogP contribution in [0.25, 0.3) is 16.9 Å². The summed E-state index contributed by atoms with van der Waals surface area (Å²) in [5.41, 5.74) is -1.99. The average molecular weight is 472 g/mol. The molecule has 0 unspecified atom stereocenters. The second-order valence-corrected chi connectivity index (χ2v) is 8.29. The SMILES string of the molecule is CN(O)C(=O)Cc1c(C(F)(F)F)nn(-c2ccc(S(N)(=O)=O)cc2)c1-c1ccc(F)cc1. The number of sulfonamides is 1. The van der Waals surface area contributed by atoms with E-state index in [1.807, 2.05) is 0 Å². The smallest absolute Gasteiger partial charge is 0.286 e. The summed E-state index contributed by atoms with van der Waals surface area (Å²) in [5.74, 6) is -1.68. The van der Waals surface area contributed by atoms with Gasteiger partial charge in [-0.05, 0) is 48.5 Å². The lowest BCUT2D eigenvalue weighted by molar-refractivity contribution is -0.158. The van der Waals surface area contributed by atoms with Gasteiger partial charge in [0.15, 0.2) is 5.69 Å². The predicted molar refractivity (Wildman–Crippen MR) is 104 cm³/mol. The lowest BCUT2D eigenvalue weighted by Gasteiger charge is -2.13. The van der Waals surface area contributed by atoms with Crippen LogP contribution in [-0.2, 0) is 27.4 Å². The van der Waals surface area contributed by atoms with Crippen molar-refractivity contribution in [3.63, 3.8) is 0 Å². The summed E-state index contributed by atoms with van der Waals surface area (Å²) in [4.78, 5) is 11.8. The van der Waals surface area contributed by atoms with Gasteiger partial charge in [0.1, 0.15) is 5.82 Å². The van der Waals surface area contributed by atoms with Crippen LogP contribution >= 0.6 is 0 Å². The Bertz CT molecular complexity index is 1250. The molecule has 3 rings (SSSR count). The van der Waals surface area contributed by atoms with Gasteiger partial charge in [0.05, 0.1) is 22.7 Å². The number of aromatic nitrogens is 2. The molecule has 170 valence electrons. The minimum atomic E-state index is -4.97. The molecule has 0 bridgehead atoms. The number of benzene rings is 2. The summed E-state index contributed by atoms with van der Waals surface area (Å²) >= 11 is 0. The Morgan fingerprint density at radius 3 is 2.16 bits per heavy atom. The van der Waals surface area contributed by atoms with Crippen LogP contribution < -0.4 is 5.14 Å². The number of hydrogen-bond acceptors (Lipinski definition) is 5. The van der Waals surface area contributed by atoms with Crippen molar-refractivity contribution in [1.82, 2.24) is 14.8 Å². The fraction of sp³-hybridized carbons (Fsp3) is 0.158. The number of likely N-dealkylation sites (N-methyl/N-ethyl adjacent to an activating group) is 1. The average Bonchev–Trinajstić information content (AvgIpc) is 3.07. The van der Waals surface area contributed by atoms with Gasteiger partial charge in [0.2, 0.25) is 15.9 Å². The zero-order chi connectivity index (χ0) is 23.8. The molecular weight excluding hydrogens is 456 g/mol. The van der Waals surface area contributed by atoms with E-state index < -0.39 is 45.6 Å². The van der Waals surface area contributed by atoms with Crippen LogP contribution in [0.15, 0.2) is 53.4 Å². The fourth-order valence-corrected chi connectivity index (χ4v) is 3.49. The van der Waals surface area contributed by atoms with Crippen LogP contribution in [0, 0.1) is 5.82 Å². The van der Waals surface area contributed by atoms with Crippen molar-refractivity contribution in [3.05, 3.63) is 65.6 Å². The Morgan fingerprint density at radius 1 is 1.12 bits per heavy atom. The highest BCUT2D eigenvalue weighted by atomic mass is 32.2. The monoisotopic (exact) mass is 472 g/mol. The number of alkyl halides is 3. The molecule has 8 nitrogen and oxygen atoms in total. The molecule has 13 heteroatoms. The van der Waals surface area contributed by atoms with Crippen molar-refractivity contribution in [1.29, 1.82) is 0 Å². The number of halogens is 4. The fourth-order valence-electron chi connectivity index (χ4n) is 2.98. The van der Waals surface area contributed by atoms with E-state index >= 15 is 0 Å². The molecule has 0 saturated heterocycles. The predicted octanol–water partition coefficient (Wildman–Crippen LogP) is 2.73. The zero-order valence-corrected chi connectivity index (χ0v) is 17.2. The van der Waals surface area contributed by atoms with E-state index in [1.165, 1.54) is 24.3 Å². The summed E-state index contributed by atoms with van der Waals surface area (Å²) in [6, 6.07) is 8.99. The van der Waals surface area contributed by atoms with E-state index in [1.54, 1.807) is 0 Å². The third-order valence-corrected chi connectivity index (χ3v) is 5.40. The first-order valence-electron chi connectivity index (χ1n) is 8.82. The van der Waals surface area contributed by atoms with Crippen molar-refractivity contribution in [2.24, 2.45) is 5.14 Å². The van der Waals surface area contributed by atoms with E-state index in [-0.39, 0.29) is 26.9 Å². The molecule has 0 saturated carbocycles. The molecule has 0 atom stereocenters. The first-order valence-corrected chi connectivity index (χ1v) is 10.4. The minimum Gasteiger partial charge on any atom is -0.286 e. The van der Waals surface area contributed by atoms with Gasteiger partial charge in [-0.3, -0.25) is 10.0 Å². The summed E-state index contributed by atoms with van der Waals surface area (Å²) in [5, 5.41) is 18.2. The van der Waals surface area contributed by atoms with Crippen molar-refractivity contribution in [3.8, 4) is 16.9 Å². The summed E-state index contributed by atoms with van der Waals surface area (Å²) in [6.07, 6.45) is -5.83. The van der Waals surface area contributed by atoms with E-state index in [9.17, 15) is 36.0 Å². The van der Waals surface area contributed by atoms with Gasteiger partial charge in [-0.15, -0.1) is 0 Å². The minimum absolute atomic E-state index is 0.0262. The number of carbonyl (C=O) groups is 1. The molecule has 0 aliphatic rings. The highest BCUT2D eigenvalue weighted by Crippen LogP contribution is 2.38. The third kappa shape index (κ3) is 4.79. The normalized spacial score (nSPS) is 12.1. The van der Waals surface area contributed by atoms with Crippen LogP contribution in [0.4, 0.5) is 17.6 Å².